The van der Waals surface area contributed by atoms with Gasteiger partial charge in [-0.2, -0.15) is 0 Å². The van der Waals surface area contributed by atoms with E-state index < -0.39 is 0 Å². The van der Waals surface area contributed by atoms with Crippen LogP contribution in [0.15, 0.2) is 10.1 Å². The van der Waals surface area contributed by atoms with Crippen LogP contribution >= 0.6 is 0 Å². The minimum Gasteiger partial charge on any atom is -0.390 e. The van der Waals surface area contributed by atoms with Crippen LogP contribution in [-0.2, 0) is 0 Å². The summed E-state index contributed by atoms with van der Waals surface area (Å²) in [5, 5.41) is 3.06. The van der Waals surface area contributed by atoms with Gasteiger partial charge in [0.15, 0.2) is 0 Å². The summed E-state index contributed by atoms with van der Waals surface area (Å²) in [7, 11) is 0. The van der Waals surface area contributed by atoms with Crippen LogP contribution in [0, 0.1) is 0 Å². The first kappa shape index (κ1) is 5.78. The molecule has 0 saturated carbocycles. The van der Waals surface area contributed by atoms with E-state index in [4.69, 9.17) is 11.3 Å². The number of azide groups is 1. The minimum absolute atomic E-state index is 0.0903. The fraction of sp³-hybridized carbons (Fsp3) is 0.500. The average molecular weight is 99.1 g/mol. The van der Waals surface area contributed by atoms with E-state index in [1.807, 2.05) is 0 Å². The standard InChI is InChI=1S/C2H5N5/c3-1-5-2-6-7-4/h1H,2H2,(H2,3,5). The maximum absolute atomic E-state index is 7.64. The maximum Gasteiger partial charge on any atom is 0.119 e. The van der Waals surface area contributed by atoms with Crippen molar-refractivity contribution in [2.24, 2.45) is 15.8 Å². The van der Waals surface area contributed by atoms with E-state index in [9.17, 15) is 0 Å². The molecule has 7 heavy (non-hydrogen) atoms. The van der Waals surface area contributed by atoms with Gasteiger partial charge in [-0.3, -0.25) is 4.99 Å². The largest absolute Gasteiger partial charge is 0.390 e. The summed E-state index contributed by atoms with van der Waals surface area (Å²) in [6.45, 7) is 0.0903. The molecule has 0 atom stereocenters. The van der Waals surface area contributed by atoms with Crippen molar-refractivity contribution in [2.75, 3.05) is 6.67 Å². The summed E-state index contributed by atoms with van der Waals surface area (Å²) in [5.74, 6) is 0. The Hall–Kier alpha value is -1.22. The minimum atomic E-state index is 0.0903. The molecular weight excluding hydrogens is 94.1 g/mol. The molecule has 0 amide bonds. The Balaban J connectivity index is 3.15. The van der Waals surface area contributed by atoms with Gasteiger partial charge in [0.2, 0.25) is 0 Å². The van der Waals surface area contributed by atoms with Crippen LogP contribution in [0.2, 0.25) is 0 Å². The smallest absolute Gasteiger partial charge is 0.119 e. The van der Waals surface area contributed by atoms with Gasteiger partial charge in [0, 0.05) is 4.91 Å². The quantitative estimate of drug-likeness (QED) is 0.173. The second-order valence-corrected chi connectivity index (χ2v) is 0.704. The summed E-state index contributed by atoms with van der Waals surface area (Å²) < 4.78 is 0. The number of rotatable bonds is 2. The third kappa shape index (κ3) is 4.78. The lowest BCUT2D eigenvalue weighted by Crippen LogP contribution is -1.87. The molecule has 0 heterocycles. The van der Waals surface area contributed by atoms with Crippen molar-refractivity contribution in [3.63, 3.8) is 0 Å². The lowest BCUT2D eigenvalue weighted by molar-refractivity contribution is 1.05. The molecule has 0 saturated heterocycles. The van der Waals surface area contributed by atoms with Crippen molar-refractivity contribution in [3.8, 4) is 0 Å². The first-order valence-corrected chi connectivity index (χ1v) is 1.62. The van der Waals surface area contributed by atoms with E-state index in [1.165, 1.54) is 0 Å². The van der Waals surface area contributed by atoms with Crippen LogP contribution in [0.1, 0.15) is 0 Å². The SMILES string of the molecule is [N-]=[N+]=NCN=CN. The van der Waals surface area contributed by atoms with Crippen LogP contribution in [0.5, 0.6) is 0 Å². The fourth-order valence-corrected chi connectivity index (χ4v) is 0.112. The van der Waals surface area contributed by atoms with E-state index in [0.717, 1.165) is 6.34 Å². The highest BCUT2D eigenvalue weighted by Crippen LogP contribution is 1.67. The average Bonchev–Trinajstić information content (AvgIpc) is 1.69. The number of nitrogens with zero attached hydrogens (tertiary/aromatic N) is 4. The van der Waals surface area contributed by atoms with Gasteiger partial charge in [-0.1, -0.05) is 5.11 Å². The molecular formula is C2H5N5. The lowest BCUT2D eigenvalue weighted by Gasteiger charge is -1.71. The van der Waals surface area contributed by atoms with Crippen LogP contribution in [-0.4, -0.2) is 13.0 Å². The summed E-state index contributed by atoms with van der Waals surface area (Å²) >= 11 is 0. The van der Waals surface area contributed by atoms with E-state index in [-0.39, 0.29) is 6.67 Å². The molecule has 0 aliphatic heterocycles. The first-order valence-electron chi connectivity index (χ1n) is 1.62. The van der Waals surface area contributed by atoms with Gasteiger partial charge in [0.25, 0.3) is 0 Å². The van der Waals surface area contributed by atoms with E-state index in [0.29, 0.717) is 0 Å². The zero-order chi connectivity index (χ0) is 5.54. The van der Waals surface area contributed by atoms with Gasteiger partial charge >= 0.3 is 0 Å². The molecule has 0 aromatic carbocycles. The molecule has 0 aliphatic rings. The molecule has 0 radical (unpaired) electrons. The summed E-state index contributed by atoms with van der Waals surface area (Å²) in [6, 6.07) is 0. The fourth-order valence-electron chi connectivity index (χ4n) is 0.112. The summed E-state index contributed by atoms with van der Waals surface area (Å²) in [6.07, 6.45) is 1.09. The number of aliphatic imine (C=N–C) groups is 1. The van der Waals surface area contributed by atoms with E-state index in [1.54, 1.807) is 0 Å². The van der Waals surface area contributed by atoms with Gasteiger partial charge in [-0.05, 0) is 5.53 Å². The maximum atomic E-state index is 7.64. The lowest BCUT2D eigenvalue weighted by atomic mass is 11.1. The van der Waals surface area contributed by atoms with Gasteiger partial charge in [-0.15, -0.1) is 0 Å². The molecule has 0 aliphatic carbocycles. The van der Waals surface area contributed by atoms with Crippen molar-refractivity contribution in [1.29, 1.82) is 0 Å². The summed E-state index contributed by atoms with van der Waals surface area (Å²) in [5.41, 5.74) is 12.4. The highest BCUT2D eigenvalue weighted by molar-refractivity contribution is 5.50. The molecule has 0 aromatic rings. The molecule has 0 aromatic heterocycles. The zero-order valence-electron chi connectivity index (χ0n) is 3.65. The zero-order valence-corrected chi connectivity index (χ0v) is 3.65. The van der Waals surface area contributed by atoms with Crippen LogP contribution < -0.4 is 5.73 Å². The van der Waals surface area contributed by atoms with Crippen molar-refractivity contribution in [1.82, 2.24) is 0 Å². The van der Waals surface area contributed by atoms with Crippen molar-refractivity contribution in [3.05, 3.63) is 10.4 Å². The number of hydrogen-bond donors (Lipinski definition) is 1. The molecule has 0 fully saturated rings. The second-order valence-electron chi connectivity index (χ2n) is 0.704. The molecule has 0 rings (SSSR count). The first-order chi connectivity index (χ1) is 3.41. The Morgan fingerprint density at radius 3 is 3.00 bits per heavy atom. The Labute approximate surface area is 40.5 Å². The topological polar surface area (TPSA) is 87.1 Å². The molecule has 5 heteroatoms. The van der Waals surface area contributed by atoms with Gasteiger partial charge in [0.1, 0.15) is 6.67 Å². The van der Waals surface area contributed by atoms with Gasteiger partial charge < -0.3 is 5.73 Å². The van der Waals surface area contributed by atoms with E-state index >= 15 is 0 Å². The van der Waals surface area contributed by atoms with Crippen LogP contribution in [0.25, 0.3) is 10.4 Å². The molecule has 0 spiro atoms. The Morgan fingerprint density at radius 1 is 1.86 bits per heavy atom. The van der Waals surface area contributed by atoms with Crippen molar-refractivity contribution >= 4 is 6.34 Å². The number of hydrogen-bond acceptors (Lipinski definition) is 2. The highest BCUT2D eigenvalue weighted by atomic mass is 15.2. The molecule has 0 bridgehead atoms. The third-order valence-corrected chi connectivity index (χ3v) is 0.314. The summed E-state index contributed by atoms with van der Waals surface area (Å²) in [4.78, 5) is 5.82. The molecule has 38 valence electrons. The number of nitrogens with two attached hydrogens (primary N) is 1. The van der Waals surface area contributed by atoms with Gasteiger partial charge in [0.05, 0.1) is 6.34 Å². The predicted octanol–water partition coefficient (Wildman–Crippen LogP) is 0.241. The normalized spacial score (nSPS) is 8.57. The Morgan fingerprint density at radius 2 is 2.57 bits per heavy atom. The Kier molecular flexibility index (Phi) is 3.95. The van der Waals surface area contributed by atoms with Crippen molar-refractivity contribution < 1.29 is 0 Å². The molecule has 5 nitrogen and oxygen atoms in total. The van der Waals surface area contributed by atoms with Crippen LogP contribution in [0.4, 0.5) is 0 Å². The monoisotopic (exact) mass is 99.1 g/mol. The highest BCUT2D eigenvalue weighted by Gasteiger charge is 1.61. The predicted molar refractivity (Wildman–Crippen MR) is 26.7 cm³/mol. The molecule has 2 N–H and O–H groups in total. The molecule has 0 unspecified atom stereocenters. The van der Waals surface area contributed by atoms with Crippen LogP contribution in [0.3, 0.4) is 0 Å². The third-order valence-electron chi connectivity index (χ3n) is 0.314. The van der Waals surface area contributed by atoms with E-state index in [2.05, 4.69) is 15.0 Å². The van der Waals surface area contributed by atoms with Crippen molar-refractivity contribution in [2.45, 2.75) is 0 Å². The van der Waals surface area contributed by atoms with Gasteiger partial charge in [-0.25, -0.2) is 0 Å². The second kappa shape index (κ2) is 4.78. The Bertz CT molecular complexity index is 98.6.